The summed E-state index contributed by atoms with van der Waals surface area (Å²) >= 11 is 7.57. The fourth-order valence-corrected chi connectivity index (χ4v) is 4.39. The minimum absolute atomic E-state index is 0.0699. The molecule has 5 nitrogen and oxygen atoms in total. The fourth-order valence-electron chi connectivity index (χ4n) is 3.21. The van der Waals surface area contributed by atoms with Crippen molar-refractivity contribution < 1.29 is 22.7 Å². The molecule has 1 aromatic heterocycles. The molecule has 1 aliphatic heterocycles. The number of thiazole rings is 1. The van der Waals surface area contributed by atoms with E-state index in [0.717, 1.165) is 16.8 Å². The van der Waals surface area contributed by atoms with Crippen molar-refractivity contribution in [3.8, 4) is 5.19 Å². The molecule has 0 saturated carbocycles. The molecular weight excluding hydrogens is 439 g/mol. The number of amides is 2. The maximum absolute atomic E-state index is 12.6. The predicted molar refractivity (Wildman–Crippen MR) is 110 cm³/mol. The van der Waals surface area contributed by atoms with E-state index in [4.69, 9.17) is 16.3 Å². The number of alkyl halides is 3. The SMILES string of the molecule is O=C(Nc1ccc(C(F)(F)F)cc1)N1CCC(Oc2nc3c(Cl)cccc3s2)CC1. The Kier molecular flexibility index (Phi) is 5.75. The van der Waals surface area contributed by atoms with Gasteiger partial charge in [-0.05, 0) is 36.4 Å². The Morgan fingerprint density at radius 1 is 1.17 bits per heavy atom. The molecule has 3 aromatic rings. The van der Waals surface area contributed by atoms with Crippen molar-refractivity contribution >= 4 is 44.9 Å². The summed E-state index contributed by atoms with van der Waals surface area (Å²) in [5.41, 5.74) is 0.278. The van der Waals surface area contributed by atoms with Crippen LogP contribution in [0.1, 0.15) is 18.4 Å². The molecule has 1 N–H and O–H groups in total. The normalized spacial score (nSPS) is 15.4. The fraction of sp³-hybridized carbons (Fsp3) is 0.300. The van der Waals surface area contributed by atoms with Crippen molar-refractivity contribution in [3.05, 3.63) is 53.1 Å². The van der Waals surface area contributed by atoms with Crippen molar-refractivity contribution in [2.75, 3.05) is 18.4 Å². The molecule has 2 aromatic carbocycles. The number of urea groups is 1. The number of nitrogens with one attached hydrogen (secondary N) is 1. The molecule has 0 radical (unpaired) electrons. The number of piperidine rings is 1. The average Bonchev–Trinajstić information content (AvgIpc) is 3.12. The summed E-state index contributed by atoms with van der Waals surface area (Å²) in [6, 6.07) is 9.60. The maximum Gasteiger partial charge on any atom is 0.416 e. The predicted octanol–water partition coefficient (Wildman–Crippen LogP) is 6.04. The summed E-state index contributed by atoms with van der Waals surface area (Å²) in [4.78, 5) is 18.4. The zero-order valence-corrected chi connectivity index (χ0v) is 17.2. The van der Waals surface area contributed by atoms with E-state index in [1.807, 2.05) is 12.1 Å². The molecular formula is C20H17ClF3N3O2S. The number of hydrogen-bond acceptors (Lipinski definition) is 4. The molecule has 158 valence electrons. The van der Waals surface area contributed by atoms with Crippen LogP contribution in [0.25, 0.3) is 10.2 Å². The maximum atomic E-state index is 12.6. The van der Waals surface area contributed by atoms with E-state index in [1.165, 1.54) is 23.5 Å². The molecule has 2 heterocycles. The van der Waals surface area contributed by atoms with Crippen LogP contribution in [-0.2, 0) is 6.18 Å². The number of anilines is 1. The molecule has 0 aliphatic carbocycles. The molecule has 0 bridgehead atoms. The number of nitrogens with zero attached hydrogens (tertiary/aromatic N) is 2. The molecule has 10 heteroatoms. The summed E-state index contributed by atoms with van der Waals surface area (Å²) in [7, 11) is 0. The van der Waals surface area contributed by atoms with Gasteiger partial charge in [-0.3, -0.25) is 0 Å². The lowest BCUT2D eigenvalue weighted by Crippen LogP contribution is -2.43. The third-order valence-corrected chi connectivity index (χ3v) is 6.03. The third-order valence-electron chi connectivity index (χ3n) is 4.81. The number of carbonyl (C=O) groups excluding carboxylic acids is 1. The van der Waals surface area contributed by atoms with Gasteiger partial charge in [-0.15, -0.1) is 0 Å². The van der Waals surface area contributed by atoms with Crippen LogP contribution in [0.4, 0.5) is 23.7 Å². The number of likely N-dealkylation sites (tertiary alicyclic amines) is 1. The van der Waals surface area contributed by atoms with E-state index in [9.17, 15) is 18.0 Å². The number of fused-ring (bicyclic) bond motifs is 1. The average molecular weight is 456 g/mol. The van der Waals surface area contributed by atoms with Gasteiger partial charge in [0.15, 0.2) is 0 Å². The molecule has 2 amide bonds. The summed E-state index contributed by atoms with van der Waals surface area (Å²) in [5, 5.41) is 3.76. The molecule has 0 unspecified atom stereocenters. The van der Waals surface area contributed by atoms with Gasteiger partial charge in [0.2, 0.25) is 0 Å². The Morgan fingerprint density at radius 2 is 1.87 bits per heavy atom. The zero-order valence-electron chi connectivity index (χ0n) is 15.6. The second-order valence-corrected chi connectivity index (χ2v) is 8.28. The topological polar surface area (TPSA) is 54.5 Å². The molecule has 1 fully saturated rings. The second kappa shape index (κ2) is 8.31. The number of carbonyl (C=O) groups is 1. The minimum Gasteiger partial charge on any atom is -0.467 e. The standard InChI is InChI=1S/C20H17ClF3N3O2S/c21-15-2-1-3-16-17(15)26-19(30-16)29-14-8-10-27(11-9-14)18(28)25-13-6-4-12(5-7-13)20(22,23)24/h1-7,14H,8-11H2,(H,25,28). The van der Waals surface area contributed by atoms with Gasteiger partial charge in [0.25, 0.3) is 5.19 Å². The lowest BCUT2D eigenvalue weighted by molar-refractivity contribution is -0.137. The van der Waals surface area contributed by atoms with Crippen molar-refractivity contribution in [3.63, 3.8) is 0 Å². The van der Waals surface area contributed by atoms with Gasteiger partial charge in [-0.25, -0.2) is 9.78 Å². The van der Waals surface area contributed by atoms with Crippen molar-refractivity contribution in [1.82, 2.24) is 9.88 Å². The lowest BCUT2D eigenvalue weighted by Gasteiger charge is -2.31. The van der Waals surface area contributed by atoms with Crippen LogP contribution in [0.5, 0.6) is 5.19 Å². The molecule has 0 spiro atoms. The van der Waals surface area contributed by atoms with Crippen molar-refractivity contribution in [2.45, 2.75) is 25.1 Å². The van der Waals surface area contributed by atoms with Gasteiger partial charge in [-0.2, -0.15) is 13.2 Å². The summed E-state index contributed by atoms with van der Waals surface area (Å²) in [5.74, 6) is 0. The molecule has 1 aliphatic rings. The Labute approximate surface area is 179 Å². The number of para-hydroxylation sites is 1. The number of hydrogen-bond donors (Lipinski definition) is 1. The highest BCUT2D eigenvalue weighted by Gasteiger charge is 2.30. The zero-order chi connectivity index (χ0) is 21.3. The molecule has 1 saturated heterocycles. The third kappa shape index (κ3) is 4.62. The van der Waals surface area contributed by atoms with Crippen LogP contribution in [0.15, 0.2) is 42.5 Å². The van der Waals surface area contributed by atoms with E-state index in [0.29, 0.717) is 47.4 Å². The van der Waals surface area contributed by atoms with Gasteiger partial charge in [0.1, 0.15) is 11.6 Å². The first-order valence-electron chi connectivity index (χ1n) is 9.24. The summed E-state index contributed by atoms with van der Waals surface area (Å²) < 4.78 is 44.8. The highest BCUT2D eigenvalue weighted by molar-refractivity contribution is 7.20. The van der Waals surface area contributed by atoms with Crippen LogP contribution in [0, 0.1) is 0 Å². The van der Waals surface area contributed by atoms with E-state index < -0.39 is 11.7 Å². The Balaban J connectivity index is 1.30. The lowest BCUT2D eigenvalue weighted by atomic mass is 10.1. The first-order chi connectivity index (χ1) is 14.3. The largest absolute Gasteiger partial charge is 0.467 e. The van der Waals surface area contributed by atoms with E-state index in [-0.39, 0.29) is 12.1 Å². The second-order valence-electron chi connectivity index (χ2n) is 6.88. The van der Waals surface area contributed by atoms with Gasteiger partial charge >= 0.3 is 12.2 Å². The molecule has 4 rings (SSSR count). The Bertz CT molecular complexity index is 1050. The Morgan fingerprint density at radius 3 is 2.50 bits per heavy atom. The number of halogens is 4. The minimum atomic E-state index is -4.40. The van der Waals surface area contributed by atoms with Crippen LogP contribution in [0.2, 0.25) is 5.02 Å². The summed E-state index contributed by atoms with van der Waals surface area (Å²) in [6.45, 7) is 0.950. The molecule has 30 heavy (non-hydrogen) atoms. The van der Waals surface area contributed by atoms with E-state index in [2.05, 4.69) is 10.3 Å². The molecule has 0 atom stereocenters. The van der Waals surface area contributed by atoms with Gasteiger partial charge in [0.05, 0.1) is 15.3 Å². The van der Waals surface area contributed by atoms with E-state index in [1.54, 1.807) is 11.0 Å². The van der Waals surface area contributed by atoms with Crippen molar-refractivity contribution in [1.29, 1.82) is 0 Å². The van der Waals surface area contributed by atoms with Crippen molar-refractivity contribution in [2.24, 2.45) is 0 Å². The van der Waals surface area contributed by atoms with Gasteiger partial charge in [0, 0.05) is 31.6 Å². The van der Waals surface area contributed by atoms with Crippen LogP contribution >= 0.6 is 22.9 Å². The van der Waals surface area contributed by atoms with E-state index >= 15 is 0 Å². The summed E-state index contributed by atoms with van der Waals surface area (Å²) in [6.07, 6.45) is -3.22. The first-order valence-corrected chi connectivity index (χ1v) is 10.4. The number of benzene rings is 2. The van der Waals surface area contributed by atoms with Gasteiger partial charge < -0.3 is 15.0 Å². The number of aromatic nitrogens is 1. The van der Waals surface area contributed by atoms with Crippen LogP contribution < -0.4 is 10.1 Å². The van der Waals surface area contributed by atoms with Crippen LogP contribution in [0.3, 0.4) is 0 Å². The number of ether oxygens (including phenoxy) is 1. The quantitative estimate of drug-likeness (QED) is 0.523. The number of rotatable bonds is 3. The van der Waals surface area contributed by atoms with Crippen LogP contribution in [-0.4, -0.2) is 35.1 Å². The van der Waals surface area contributed by atoms with Gasteiger partial charge in [-0.1, -0.05) is 29.0 Å². The highest BCUT2D eigenvalue weighted by atomic mass is 35.5. The first kappa shape index (κ1) is 20.7. The Hall–Kier alpha value is -2.52. The monoisotopic (exact) mass is 455 g/mol. The highest BCUT2D eigenvalue weighted by Crippen LogP contribution is 2.33. The smallest absolute Gasteiger partial charge is 0.416 e.